The van der Waals surface area contributed by atoms with Crippen LogP contribution < -0.4 is 4.74 Å². The van der Waals surface area contributed by atoms with Crippen molar-refractivity contribution in [1.29, 1.82) is 0 Å². The number of nitrogens with zero attached hydrogens (tertiary/aromatic N) is 2. The first kappa shape index (κ1) is 12.1. The normalized spacial score (nSPS) is 10.8. The number of fused-ring (bicyclic) bond motifs is 1. The largest absolute Gasteiger partial charge is 0.487 e. The molecule has 0 amide bonds. The van der Waals surface area contributed by atoms with Crippen LogP contribution in [0.5, 0.6) is 5.75 Å². The van der Waals surface area contributed by atoms with Crippen LogP contribution in [0.2, 0.25) is 5.02 Å². The Morgan fingerprint density at radius 1 is 1.16 bits per heavy atom. The summed E-state index contributed by atoms with van der Waals surface area (Å²) in [5.41, 5.74) is 3.00. The molecule has 1 aromatic carbocycles. The molecule has 96 valence electrons. The van der Waals surface area contributed by atoms with E-state index in [0.29, 0.717) is 11.6 Å². The number of halogens is 1. The summed E-state index contributed by atoms with van der Waals surface area (Å²) in [6.45, 7) is 2.50. The molecule has 0 saturated carbocycles. The Hall–Kier alpha value is -2.00. The summed E-state index contributed by atoms with van der Waals surface area (Å²) < 4.78 is 7.74. The van der Waals surface area contributed by atoms with Crippen LogP contribution >= 0.6 is 11.6 Å². The quantitative estimate of drug-likeness (QED) is 0.723. The van der Waals surface area contributed by atoms with E-state index in [1.807, 2.05) is 42.6 Å². The smallest absolute Gasteiger partial charge is 0.137 e. The van der Waals surface area contributed by atoms with Crippen molar-refractivity contribution in [1.82, 2.24) is 9.38 Å². The molecule has 3 aromatic rings. The Balaban J connectivity index is 1.78. The highest BCUT2D eigenvalue weighted by molar-refractivity contribution is 6.30. The fourth-order valence-electron chi connectivity index (χ4n) is 1.96. The summed E-state index contributed by atoms with van der Waals surface area (Å²) in [6, 6.07) is 13.4. The lowest BCUT2D eigenvalue weighted by Crippen LogP contribution is -1.95. The monoisotopic (exact) mass is 272 g/mol. The highest BCUT2D eigenvalue weighted by Crippen LogP contribution is 2.17. The van der Waals surface area contributed by atoms with Crippen LogP contribution in [0.25, 0.3) is 5.65 Å². The first-order valence-corrected chi connectivity index (χ1v) is 6.42. The molecule has 2 heterocycles. The van der Waals surface area contributed by atoms with Crippen molar-refractivity contribution < 1.29 is 4.74 Å². The van der Waals surface area contributed by atoms with Crippen LogP contribution in [0.15, 0.2) is 48.7 Å². The molecule has 19 heavy (non-hydrogen) atoms. The number of rotatable bonds is 3. The molecule has 3 rings (SSSR count). The molecule has 0 fully saturated rings. The van der Waals surface area contributed by atoms with Crippen LogP contribution in [0, 0.1) is 6.92 Å². The van der Waals surface area contributed by atoms with Crippen molar-refractivity contribution in [3.63, 3.8) is 0 Å². The molecular formula is C15H13ClN2O. The van der Waals surface area contributed by atoms with Gasteiger partial charge in [-0.2, -0.15) is 0 Å². The van der Waals surface area contributed by atoms with E-state index in [2.05, 4.69) is 22.4 Å². The van der Waals surface area contributed by atoms with Gasteiger partial charge in [0.25, 0.3) is 0 Å². The molecule has 0 bridgehead atoms. The van der Waals surface area contributed by atoms with Gasteiger partial charge in [0, 0.05) is 16.9 Å². The maximum absolute atomic E-state index is 5.83. The van der Waals surface area contributed by atoms with Gasteiger partial charge in [-0.25, -0.2) is 4.98 Å². The first-order chi connectivity index (χ1) is 9.22. The van der Waals surface area contributed by atoms with Gasteiger partial charge in [0.15, 0.2) is 0 Å². The SMILES string of the molecule is Cc1cccc2nc(COc3ccc(Cl)cc3)cn12. The van der Waals surface area contributed by atoms with Crippen LogP contribution in [-0.4, -0.2) is 9.38 Å². The lowest BCUT2D eigenvalue weighted by Gasteiger charge is -2.03. The van der Waals surface area contributed by atoms with Gasteiger partial charge in [0.05, 0.1) is 5.69 Å². The van der Waals surface area contributed by atoms with E-state index in [4.69, 9.17) is 16.3 Å². The number of aromatic nitrogens is 2. The predicted molar refractivity (Wildman–Crippen MR) is 75.7 cm³/mol. The number of imidazole rings is 1. The molecule has 2 aromatic heterocycles. The van der Waals surface area contributed by atoms with Crippen molar-refractivity contribution >= 4 is 17.2 Å². The van der Waals surface area contributed by atoms with Crippen molar-refractivity contribution in [2.45, 2.75) is 13.5 Å². The Kier molecular flexibility index (Phi) is 3.13. The molecule has 0 aliphatic rings. The van der Waals surface area contributed by atoms with Gasteiger partial charge in [-0.1, -0.05) is 17.7 Å². The third-order valence-corrected chi connectivity index (χ3v) is 3.20. The molecule has 0 saturated heterocycles. The van der Waals surface area contributed by atoms with Crippen LogP contribution in [0.4, 0.5) is 0 Å². The minimum absolute atomic E-state index is 0.447. The van der Waals surface area contributed by atoms with Crippen molar-refractivity contribution in [3.8, 4) is 5.75 Å². The Labute approximate surface area is 116 Å². The number of ether oxygens (including phenoxy) is 1. The van der Waals surface area contributed by atoms with E-state index >= 15 is 0 Å². The zero-order chi connectivity index (χ0) is 13.2. The lowest BCUT2D eigenvalue weighted by atomic mass is 10.3. The maximum Gasteiger partial charge on any atom is 0.137 e. The summed E-state index contributed by atoms with van der Waals surface area (Å²) in [6.07, 6.45) is 2.00. The second-order valence-corrected chi connectivity index (χ2v) is 4.81. The molecule has 0 atom stereocenters. The zero-order valence-electron chi connectivity index (χ0n) is 10.5. The lowest BCUT2D eigenvalue weighted by molar-refractivity contribution is 0.302. The molecule has 0 radical (unpaired) electrons. The summed E-state index contributed by atoms with van der Waals surface area (Å²) in [5.74, 6) is 0.790. The average molecular weight is 273 g/mol. The first-order valence-electron chi connectivity index (χ1n) is 6.04. The fourth-order valence-corrected chi connectivity index (χ4v) is 2.08. The van der Waals surface area contributed by atoms with E-state index < -0.39 is 0 Å². The molecule has 0 N–H and O–H groups in total. The van der Waals surface area contributed by atoms with Gasteiger partial charge in [-0.3, -0.25) is 0 Å². The van der Waals surface area contributed by atoms with Gasteiger partial charge in [0.1, 0.15) is 18.0 Å². The summed E-state index contributed by atoms with van der Waals surface area (Å²) in [5, 5.41) is 0.704. The molecule has 3 nitrogen and oxygen atoms in total. The van der Waals surface area contributed by atoms with Gasteiger partial charge >= 0.3 is 0 Å². The molecule has 4 heteroatoms. The van der Waals surface area contributed by atoms with Crippen molar-refractivity contribution in [2.75, 3.05) is 0 Å². The van der Waals surface area contributed by atoms with Gasteiger partial charge < -0.3 is 9.14 Å². The number of aryl methyl sites for hydroxylation is 1. The Morgan fingerprint density at radius 2 is 1.95 bits per heavy atom. The minimum Gasteiger partial charge on any atom is -0.487 e. The fraction of sp³-hybridized carbons (Fsp3) is 0.133. The van der Waals surface area contributed by atoms with Crippen LogP contribution in [-0.2, 0) is 6.61 Å². The third-order valence-electron chi connectivity index (χ3n) is 2.95. The average Bonchev–Trinajstić information content (AvgIpc) is 2.83. The van der Waals surface area contributed by atoms with Gasteiger partial charge in [0.2, 0.25) is 0 Å². The molecule has 0 spiro atoms. The Morgan fingerprint density at radius 3 is 2.68 bits per heavy atom. The molecule has 0 aliphatic carbocycles. The highest BCUT2D eigenvalue weighted by Gasteiger charge is 2.03. The summed E-state index contributed by atoms with van der Waals surface area (Å²) >= 11 is 5.83. The maximum atomic E-state index is 5.83. The Bertz CT molecular complexity index is 704. The topological polar surface area (TPSA) is 26.5 Å². The second kappa shape index (κ2) is 4.94. The van der Waals surface area contributed by atoms with Crippen LogP contribution in [0.3, 0.4) is 0 Å². The van der Waals surface area contributed by atoms with Gasteiger partial charge in [-0.05, 0) is 43.3 Å². The van der Waals surface area contributed by atoms with E-state index in [0.717, 1.165) is 22.8 Å². The predicted octanol–water partition coefficient (Wildman–Crippen LogP) is 3.88. The molecule has 0 aliphatic heterocycles. The third kappa shape index (κ3) is 2.56. The van der Waals surface area contributed by atoms with E-state index in [1.54, 1.807) is 0 Å². The molecular weight excluding hydrogens is 260 g/mol. The van der Waals surface area contributed by atoms with Crippen LogP contribution in [0.1, 0.15) is 11.4 Å². The highest BCUT2D eigenvalue weighted by atomic mass is 35.5. The number of pyridine rings is 1. The van der Waals surface area contributed by atoms with Crippen molar-refractivity contribution in [2.24, 2.45) is 0 Å². The standard InChI is InChI=1S/C15H13ClN2O/c1-11-3-2-4-15-17-13(9-18(11)15)10-19-14-7-5-12(16)6-8-14/h2-9H,10H2,1H3. The number of hydrogen-bond acceptors (Lipinski definition) is 2. The van der Waals surface area contributed by atoms with E-state index in [-0.39, 0.29) is 0 Å². The number of benzene rings is 1. The van der Waals surface area contributed by atoms with E-state index in [9.17, 15) is 0 Å². The summed E-state index contributed by atoms with van der Waals surface area (Å²) in [4.78, 5) is 4.52. The van der Waals surface area contributed by atoms with Gasteiger partial charge in [-0.15, -0.1) is 0 Å². The number of hydrogen-bond donors (Lipinski definition) is 0. The van der Waals surface area contributed by atoms with Crippen molar-refractivity contribution in [3.05, 3.63) is 65.1 Å². The second-order valence-electron chi connectivity index (χ2n) is 4.37. The summed E-state index contributed by atoms with van der Waals surface area (Å²) in [7, 11) is 0. The molecule has 0 unspecified atom stereocenters. The van der Waals surface area contributed by atoms with E-state index in [1.165, 1.54) is 0 Å². The minimum atomic E-state index is 0.447. The zero-order valence-corrected chi connectivity index (χ0v) is 11.3.